The lowest BCUT2D eigenvalue weighted by atomic mass is 10.1. The molecule has 1 aliphatic rings. The summed E-state index contributed by atoms with van der Waals surface area (Å²) < 4.78 is 24.9. The second-order valence-electron chi connectivity index (χ2n) is 4.60. The largest absolute Gasteiger partial charge is 0.324 e. The first-order chi connectivity index (χ1) is 8.96. The number of benzene rings is 1. The van der Waals surface area contributed by atoms with Crippen LogP contribution in [0.3, 0.4) is 0 Å². The van der Waals surface area contributed by atoms with Crippen molar-refractivity contribution in [1.29, 1.82) is 0 Å². The lowest BCUT2D eigenvalue weighted by molar-refractivity contribution is -0.119. The van der Waals surface area contributed by atoms with Crippen LogP contribution in [0.25, 0.3) is 0 Å². The molecule has 104 valence electrons. The summed E-state index contributed by atoms with van der Waals surface area (Å²) in [6.07, 6.45) is 1.87. The molecule has 1 amide bonds. The summed E-state index contributed by atoms with van der Waals surface area (Å²) in [5.41, 5.74) is 0.856. The van der Waals surface area contributed by atoms with Gasteiger partial charge in [-0.2, -0.15) is 0 Å². The number of carbonyl (C=O) groups excluding carboxylic acids is 1. The zero-order valence-corrected chi connectivity index (χ0v) is 11.5. The van der Waals surface area contributed by atoms with Gasteiger partial charge in [-0.3, -0.25) is 9.52 Å². The van der Waals surface area contributed by atoms with E-state index < -0.39 is 10.0 Å². The molecule has 1 aromatic carbocycles. The van der Waals surface area contributed by atoms with Crippen LogP contribution in [-0.4, -0.2) is 33.7 Å². The number of hydrogen-bond acceptors (Lipinski definition) is 4. The zero-order valence-electron chi connectivity index (χ0n) is 10.6. The summed E-state index contributed by atoms with van der Waals surface area (Å²) in [7, 11) is -3.37. The van der Waals surface area contributed by atoms with Gasteiger partial charge in [-0.1, -0.05) is 12.1 Å². The van der Waals surface area contributed by atoms with Crippen molar-refractivity contribution in [3.05, 3.63) is 24.3 Å². The molecule has 19 heavy (non-hydrogen) atoms. The Balaban J connectivity index is 2.13. The minimum Gasteiger partial charge on any atom is -0.324 e. The van der Waals surface area contributed by atoms with Crippen LogP contribution < -0.4 is 15.4 Å². The van der Waals surface area contributed by atoms with E-state index in [0.717, 1.165) is 19.2 Å². The van der Waals surface area contributed by atoms with Gasteiger partial charge in [0, 0.05) is 6.54 Å². The summed E-state index contributed by atoms with van der Waals surface area (Å²) in [6.45, 7) is 1.49. The van der Waals surface area contributed by atoms with E-state index in [4.69, 9.17) is 0 Å². The molecule has 0 aromatic heterocycles. The topological polar surface area (TPSA) is 87.3 Å². The van der Waals surface area contributed by atoms with Crippen LogP contribution >= 0.6 is 0 Å². The third-order valence-corrected chi connectivity index (χ3v) is 3.50. The van der Waals surface area contributed by atoms with Gasteiger partial charge in [0.25, 0.3) is 0 Å². The average Bonchev–Trinajstić information content (AvgIpc) is 2.83. The molecule has 3 N–H and O–H groups in total. The quantitative estimate of drug-likeness (QED) is 0.755. The molecule has 1 unspecified atom stereocenters. The summed E-state index contributed by atoms with van der Waals surface area (Å²) in [5.74, 6) is -0.154. The molecule has 2 rings (SSSR count). The van der Waals surface area contributed by atoms with Crippen molar-refractivity contribution in [2.24, 2.45) is 5.92 Å². The van der Waals surface area contributed by atoms with Crippen LogP contribution in [0.5, 0.6) is 0 Å². The number of sulfonamides is 1. The van der Waals surface area contributed by atoms with Gasteiger partial charge in [-0.25, -0.2) is 8.42 Å². The van der Waals surface area contributed by atoms with E-state index in [1.54, 1.807) is 24.3 Å². The molecule has 0 bridgehead atoms. The summed E-state index contributed by atoms with van der Waals surface area (Å²) >= 11 is 0. The molecule has 6 nitrogen and oxygen atoms in total. The molecule has 1 saturated heterocycles. The normalized spacial score (nSPS) is 19.1. The highest BCUT2D eigenvalue weighted by atomic mass is 32.2. The van der Waals surface area contributed by atoms with Gasteiger partial charge in [0.05, 0.1) is 23.5 Å². The molecule has 1 fully saturated rings. The monoisotopic (exact) mass is 283 g/mol. The summed E-state index contributed by atoms with van der Waals surface area (Å²) in [5, 5.41) is 5.89. The maximum absolute atomic E-state index is 12.0. The maximum Gasteiger partial charge on any atom is 0.229 e. The maximum atomic E-state index is 12.0. The third kappa shape index (κ3) is 3.93. The number of amides is 1. The Kier molecular flexibility index (Phi) is 4.06. The Labute approximate surface area is 112 Å². The van der Waals surface area contributed by atoms with Gasteiger partial charge in [0.15, 0.2) is 0 Å². The fourth-order valence-corrected chi connectivity index (χ4v) is 2.57. The van der Waals surface area contributed by atoms with Gasteiger partial charge in [0.1, 0.15) is 0 Å². The molecule has 1 heterocycles. The minimum absolute atomic E-state index is 0.0636. The zero-order chi connectivity index (χ0) is 13.9. The predicted molar refractivity (Wildman–Crippen MR) is 74.5 cm³/mol. The third-order valence-electron chi connectivity index (χ3n) is 2.91. The molecule has 1 aromatic rings. The smallest absolute Gasteiger partial charge is 0.229 e. The van der Waals surface area contributed by atoms with Crippen LogP contribution in [0.4, 0.5) is 11.4 Å². The van der Waals surface area contributed by atoms with E-state index in [1.807, 2.05) is 0 Å². The first-order valence-electron chi connectivity index (χ1n) is 6.04. The Hall–Kier alpha value is -1.60. The summed E-state index contributed by atoms with van der Waals surface area (Å²) in [4.78, 5) is 12.0. The van der Waals surface area contributed by atoms with Gasteiger partial charge < -0.3 is 10.6 Å². The fraction of sp³-hybridized carbons (Fsp3) is 0.417. The van der Waals surface area contributed by atoms with Gasteiger partial charge in [-0.05, 0) is 25.1 Å². The van der Waals surface area contributed by atoms with Gasteiger partial charge in [-0.15, -0.1) is 0 Å². The van der Waals surface area contributed by atoms with E-state index in [0.29, 0.717) is 17.9 Å². The first-order valence-corrected chi connectivity index (χ1v) is 7.93. The Morgan fingerprint density at radius 3 is 2.58 bits per heavy atom. The van der Waals surface area contributed by atoms with Crippen LogP contribution in [0.2, 0.25) is 0 Å². The van der Waals surface area contributed by atoms with Crippen molar-refractivity contribution in [3.8, 4) is 0 Å². The number of para-hydroxylation sites is 2. The van der Waals surface area contributed by atoms with Crippen LogP contribution in [0.15, 0.2) is 24.3 Å². The SMILES string of the molecule is CS(=O)(=O)Nc1ccccc1NC(=O)C1CCNC1. The van der Waals surface area contributed by atoms with Gasteiger partial charge in [0.2, 0.25) is 15.9 Å². The Morgan fingerprint density at radius 2 is 2.00 bits per heavy atom. The van der Waals surface area contributed by atoms with Crippen molar-refractivity contribution >= 4 is 27.3 Å². The van der Waals surface area contributed by atoms with Crippen molar-refractivity contribution < 1.29 is 13.2 Å². The molecular formula is C12H17N3O3S. The van der Waals surface area contributed by atoms with Crippen LogP contribution in [0.1, 0.15) is 6.42 Å². The number of rotatable bonds is 4. The van der Waals surface area contributed by atoms with E-state index in [2.05, 4.69) is 15.4 Å². The number of nitrogens with one attached hydrogen (secondary N) is 3. The lowest BCUT2D eigenvalue weighted by Crippen LogP contribution is -2.25. The van der Waals surface area contributed by atoms with Crippen LogP contribution in [0, 0.1) is 5.92 Å². The van der Waals surface area contributed by atoms with E-state index in [1.165, 1.54) is 0 Å². The van der Waals surface area contributed by atoms with Crippen molar-refractivity contribution in [2.45, 2.75) is 6.42 Å². The molecule has 0 spiro atoms. The minimum atomic E-state index is -3.37. The standard InChI is InChI=1S/C12H17N3O3S/c1-19(17,18)15-11-5-3-2-4-10(11)14-12(16)9-6-7-13-8-9/h2-5,9,13,15H,6-8H2,1H3,(H,14,16). The fourth-order valence-electron chi connectivity index (χ4n) is 1.99. The Morgan fingerprint density at radius 1 is 1.32 bits per heavy atom. The predicted octanol–water partition coefficient (Wildman–Crippen LogP) is 0.606. The van der Waals surface area contributed by atoms with E-state index in [9.17, 15) is 13.2 Å². The number of hydrogen-bond donors (Lipinski definition) is 3. The van der Waals surface area contributed by atoms with Crippen molar-refractivity contribution in [2.75, 3.05) is 29.4 Å². The first kappa shape index (κ1) is 13.8. The second-order valence-corrected chi connectivity index (χ2v) is 6.35. The van der Waals surface area contributed by atoms with Gasteiger partial charge >= 0.3 is 0 Å². The highest BCUT2D eigenvalue weighted by molar-refractivity contribution is 7.92. The molecule has 1 aliphatic heterocycles. The average molecular weight is 283 g/mol. The summed E-state index contributed by atoms with van der Waals surface area (Å²) in [6, 6.07) is 6.74. The number of anilines is 2. The molecule has 0 aliphatic carbocycles. The van der Waals surface area contributed by atoms with E-state index in [-0.39, 0.29) is 11.8 Å². The molecule has 0 radical (unpaired) electrons. The molecule has 7 heteroatoms. The lowest BCUT2D eigenvalue weighted by Gasteiger charge is -2.14. The highest BCUT2D eigenvalue weighted by Gasteiger charge is 2.23. The molecular weight excluding hydrogens is 266 g/mol. The molecule has 0 saturated carbocycles. The van der Waals surface area contributed by atoms with Crippen molar-refractivity contribution in [1.82, 2.24) is 5.32 Å². The van der Waals surface area contributed by atoms with E-state index >= 15 is 0 Å². The van der Waals surface area contributed by atoms with Crippen LogP contribution in [-0.2, 0) is 14.8 Å². The second kappa shape index (κ2) is 5.58. The van der Waals surface area contributed by atoms with Crippen molar-refractivity contribution in [3.63, 3.8) is 0 Å². The number of carbonyl (C=O) groups is 1. The molecule has 1 atom stereocenters. The Bertz CT molecular complexity index is 565. The highest BCUT2D eigenvalue weighted by Crippen LogP contribution is 2.23.